The number of rotatable bonds is 7. The van der Waals surface area contributed by atoms with Crippen LogP contribution in [0, 0.1) is 10.1 Å². The maximum Gasteiger partial charge on any atom is 0.353 e. The van der Waals surface area contributed by atoms with Crippen molar-refractivity contribution in [3.63, 3.8) is 0 Å². The summed E-state index contributed by atoms with van der Waals surface area (Å²) in [6.45, 7) is 5.43. The summed E-state index contributed by atoms with van der Waals surface area (Å²) < 4.78 is 5.19. The Balaban J connectivity index is 2.31. The summed E-state index contributed by atoms with van der Waals surface area (Å²) in [5.41, 5.74) is -0.118. The lowest BCUT2D eigenvalue weighted by Gasteiger charge is -2.19. The molecule has 8 heteroatoms. The first-order valence-corrected chi connectivity index (χ1v) is 6.67. The van der Waals surface area contributed by atoms with E-state index in [2.05, 4.69) is 15.3 Å². The van der Waals surface area contributed by atoms with Crippen LogP contribution in [0.3, 0.4) is 0 Å². The molecular formula is C13H17N5O3. The molecule has 0 bridgehead atoms. The summed E-state index contributed by atoms with van der Waals surface area (Å²) >= 11 is 0. The highest BCUT2D eigenvalue weighted by Crippen LogP contribution is 2.31. The van der Waals surface area contributed by atoms with Crippen molar-refractivity contribution in [3.8, 4) is 0 Å². The maximum absolute atomic E-state index is 11.4. The van der Waals surface area contributed by atoms with Crippen LogP contribution in [-0.4, -0.2) is 28.0 Å². The van der Waals surface area contributed by atoms with Crippen LogP contribution in [0.15, 0.2) is 29.1 Å². The zero-order chi connectivity index (χ0) is 15.2. The number of nitro groups is 1. The molecule has 0 aliphatic rings. The van der Waals surface area contributed by atoms with Gasteiger partial charge in [-0.25, -0.2) is 9.97 Å². The second kappa shape index (κ2) is 6.69. The van der Waals surface area contributed by atoms with Gasteiger partial charge in [-0.05, 0) is 26.0 Å². The Bertz CT molecular complexity index is 596. The average molecular weight is 291 g/mol. The molecule has 2 aromatic heterocycles. The maximum atomic E-state index is 11.4. The van der Waals surface area contributed by atoms with E-state index >= 15 is 0 Å². The van der Waals surface area contributed by atoms with Gasteiger partial charge < -0.3 is 14.6 Å². The third-order valence-electron chi connectivity index (χ3n) is 3.06. The van der Waals surface area contributed by atoms with E-state index < -0.39 is 4.92 Å². The second-order valence-electron chi connectivity index (χ2n) is 4.26. The Hall–Kier alpha value is -2.64. The predicted molar refractivity (Wildman–Crippen MR) is 78.3 cm³/mol. The molecule has 0 aromatic carbocycles. The summed E-state index contributed by atoms with van der Waals surface area (Å²) in [6, 6.07) is 3.54. The molecule has 0 unspecified atom stereocenters. The number of aromatic nitrogens is 2. The van der Waals surface area contributed by atoms with E-state index in [1.807, 2.05) is 18.7 Å². The number of nitrogens with zero attached hydrogens (tertiary/aromatic N) is 4. The van der Waals surface area contributed by atoms with Gasteiger partial charge in [0.15, 0.2) is 0 Å². The summed E-state index contributed by atoms with van der Waals surface area (Å²) in [7, 11) is 0. The van der Waals surface area contributed by atoms with Gasteiger partial charge in [-0.1, -0.05) is 0 Å². The minimum Gasteiger partial charge on any atom is -0.467 e. The van der Waals surface area contributed by atoms with Crippen LogP contribution < -0.4 is 10.2 Å². The lowest BCUT2D eigenvalue weighted by Crippen LogP contribution is -2.24. The van der Waals surface area contributed by atoms with Crippen LogP contribution in [0.25, 0.3) is 0 Å². The van der Waals surface area contributed by atoms with Gasteiger partial charge in [0.2, 0.25) is 11.6 Å². The number of anilines is 2. The molecule has 0 radical (unpaired) electrons. The highest BCUT2D eigenvalue weighted by atomic mass is 16.6. The number of hydrogen-bond acceptors (Lipinski definition) is 7. The van der Waals surface area contributed by atoms with E-state index in [0.717, 1.165) is 0 Å². The third-order valence-corrected chi connectivity index (χ3v) is 3.06. The van der Waals surface area contributed by atoms with Crippen molar-refractivity contribution in [1.29, 1.82) is 0 Å². The quantitative estimate of drug-likeness (QED) is 0.618. The molecule has 0 saturated carbocycles. The molecule has 0 amide bonds. The van der Waals surface area contributed by atoms with Gasteiger partial charge in [0.05, 0.1) is 17.7 Å². The van der Waals surface area contributed by atoms with Gasteiger partial charge in [0, 0.05) is 13.1 Å². The zero-order valence-electron chi connectivity index (χ0n) is 11.9. The molecule has 8 nitrogen and oxygen atoms in total. The summed E-state index contributed by atoms with van der Waals surface area (Å²) in [6.07, 6.45) is 2.87. The second-order valence-corrected chi connectivity index (χ2v) is 4.26. The first-order chi connectivity index (χ1) is 10.2. The van der Waals surface area contributed by atoms with Crippen LogP contribution in [0.1, 0.15) is 19.6 Å². The molecule has 0 saturated heterocycles. The number of furan rings is 1. The van der Waals surface area contributed by atoms with E-state index in [4.69, 9.17) is 4.42 Å². The van der Waals surface area contributed by atoms with Crippen LogP contribution in [0.2, 0.25) is 0 Å². The van der Waals surface area contributed by atoms with Gasteiger partial charge in [-0.2, -0.15) is 0 Å². The van der Waals surface area contributed by atoms with Gasteiger partial charge >= 0.3 is 5.69 Å². The van der Waals surface area contributed by atoms with E-state index in [-0.39, 0.29) is 11.5 Å². The molecule has 0 aliphatic heterocycles. The Labute approximate surface area is 122 Å². The number of hydrogen-bond donors (Lipinski definition) is 1. The van der Waals surface area contributed by atoms with Crippen LogP contribution in [-0.2, 0) is 6.54 Å². The highest BCUT2D eigenvalue weighted by molar-refractivity contribution is 5.70. The van der Waals surface area contributed by atoms with Crippen LogP contribution >= 0.6 is 0 Å². The van der Waals surface area contributed by atoms with Crippen molar-refractivity contribution >= 4 is 17.3 Å². The van der Waals surface area contributed by atoms with E-state index in [1.165, 1.54) is 6.33 Å². The smallest absolute Gasteiger partial charge is 0.353 e. The molecule has 112 valence electrons. The Morgan fingerprint density at radius 2 is 2.14 bits per heavy atom. The molecule has 2 aromatic rings. The zero-order valence-corrected chi connectivity index (χ0v) is 11.9. The number of nitrogens with one attached hydrogen (secondary N) is 1. The average Bonchev–Trinajstić information content (AvgIpc) is 2.99. The molecular weight excluding hydrogens is 274 g/mol. The molecule has 0 aliphatic carbocycles. The van der Waals surface area contributed by atoms with Crippen molar-refractivity contribution in [3.05, 3.63) is 40.6 Å². The molecule has 2 heterocycles. The lowest BCUT2D eigenvalue weighted by atomic mass is 10.3. The fourth-order valence-corrected chi connectivity index (χ4v) is 2.01. The summed E-state index contributed by atoms with van der Waals surface area (Å²) in [5, 5.41) is 14.3. The molecule has 2 rings (SSSR count). The molecule has 0 fully saturated rings. The Morgan fingerprint density at radius 1 is 1.38 bits per heavy atom. The van der Waals surface area contributed by atoms with Gasteiger partial charge in [0.1, 0.15) is 12.1 Å². The fourth-order valence-electron chi connectivity index (χ4n) is 2.01. The van der Waals surface area contributed by atoms with E-state index in [0.29, 0.717) is 31.2 Å². The van der Waals surface area contributed by atoms with Gasteiger partial charge in [0.25, 0.3) is 0 Å². The van der Waals surface area contributed by atoms with Crippen molar-refractivity contribution in [2.45, 2.75) is 20.4 Å². The first kappa shape index (κ1) is 14.8. The van der Waals surface area contributed by atoms with E-state index in [9.17, 15) is 10.1 Å². The van der Waals surface area contributed by atoms with Crippen molar-refractivity contribution in [2.75, 3.05) is 23.3 Å². The van der Waals surface area contributed by atoms with Crippen molar-refractivity contribution < 1.29 is 9.34 Å². The molecule has 21 heavy (non-hydrogen) atoms. The predicted octanol–water partition coefficient (Wildman–Crippen LogP) is 2.44. The van der Waals surface area contributed by atoms with Crippen molar-refractivity contribution in [2.24, 2.45) is 0 Å². The molecule has 0 spiro atoms. The summed E-state index contributed by atoms with van der Waals surface area (Å²) in [4.78, 5) is 20.8. The standard InChI is InChI=1S/C13H17N5O3/c1-3-17(4-2)13-11(18(19)20)12(15-9-16-13)14-8-10-6-5-7-21-10/h5-7,9H,3-4,8H2,1-2H3,(H,14,15,16). The SMILES string of the molecule is CCN(CC)c1ncnc(NCc2ccco2)c1[N+](=O)[O-]. The van der Waals surface area contributed by atoms with Crippen LogP contribution in [0.4, 0.5) is 17.3 Å². The topological polar surface area (TPSA) is 97.3 Å². The van der Waals surface area contributed by atoms with Gasteiger partial charge in [-0.15, -0.1) is 0 Å². The highest BCUT2D eigenvalue weighted by Gasteiger charge is 2.25. The lowest BCUT2D eigenvalue weighted by molar-refractivity contribution is -0.383. The van der Waals surface area contributed by atoms with Gasteiger partial charge in [-0.3, -0.25) is 10.1 Å². The minimum atomic E-state index is -0.460. The monoisotopic (exact) mass is 291 g/mol. The first-order valence-electron chi connectivity index (χ1n) is 6.67. The Morgan fingerprint density at radius 3 is 2.71 bits per heavy atom. The fraction of sp³-hybridized carbons (Fsp3) is 0.385. The molecule has 1 N–H and O–H groups in total. The largest absolute Gasteiger partial charge is 0.467 e. The normalized spacial score (nSPS) is 10.4. The van der Waals surface area contributed by atoms with Crippen molar-refractivity contribution in [1.82, 2.24) is 9.97 Å². The molecule has 0 atom stereocenters. The minimum absolute atomic E-state index is 0.118. The summed E-state index contributed by atoms with van der Waals surface area (Å²) in [5.74, 6) is 1.18. The van der Waals surface area contributed by atoms with Crippen LogP contribution in [0.5, 0.6) is 0 Å². The van der Waals surface area contributed by atoms with E-state index in [1.54, 1.807) is 18.4 Å². The third kappa shape index (κ3) is 3.28. The Kier molecular flexibility index (Phi) is 4.70.